The molecule has 2 aromatic rings. The molecule has 1 saturated heterocycles. The summed E-state index contributed by atoms with van der Waals surface area (Å²) in [6.07, 6.45) is -0.884. The van der Waals surface area contributed by atoms with Gasteiger partial charge in [-0.2, -0.15) is 4.31 Å². The molecule has 1 amide bonds. The smallest absolute Gasteiger partial charge is 0.339 e. The number of carbonyl (C=O) groups is 2. The second-order valence-electron chi connectivity index (χ2n) is 6.91. The molecule has 30 heavy (non-hydrogen) atoms. The minimum Gasteiger partial charge on any atom is -0.448 e. The van der Waals surface area contributed by atoms with Gasteiger partial charge in [-0.3, -0.25) is 4.79 Å². The van der Waals surface area contributed by atoms with Crippen LogP contribution in [0.25, 0.3) is 0 Å². The molecule has 4 rings (SSSR count). The highest BCUT2D eigenvalue weighted by Crippen LogP contribution is 2.25. The van der Waals surface area contributed by atoms with Crippen LogP contribution in [-0.4, -0.2) is 57.0 Å². The van der Waals surface area contributed by atoms with E-state index in [-0.39, 0.29) is 38.4 Å². The Morgan fingerprint density at radius 1 is 1.13 bits per heavy atom. The van der Waals surface area contributed by atoms with Gasteiger partial charge in [0.05, 0.1) is 18.8 Å². The highest BCUT2D eigenvalue weighted by Gasteiger charge is 2.32. The Morgan fingerprint density at radius 2 is 1.87 bits per heavy atom. The summed E-state index contributed by atoms with van der Waals surface area (Å²) in [5.74, 6) is -2.15. The number of nitrogens with one attached hydrogen (secondary N) is 1. The van der Waals surface area contributed by atoms with Gasteiger partial charge in [0.2, 0.25) is 10.0 Å². The third kappa shape index (κ3) is 3.93. The number of fused-ring (bicyclic) bond motifs is 1. The molecule has 1 atom stereocenters. The van der Waals surface area contributed by atoms with Crippen molar-refractivity contribution in [3.8, 4) is 0 Å². The molecule has 0 bridgehead atoms. The van der Waals surface area contributed by atoms with E-state index in [0.29, 0.717) is 11.1 Å². The molecule has 2 aliphatic rings. The lowest BCUT2D eigenvalue weighted by molar-refractivity contribution is -0.125. The maximum atomic E-state index is 14.3. The minimum absolute atomic E-state index is 0.0862. The SMILES string of the molecule is O=C1O[C@@H](C(=O)Nc2ccc(F)c(S(=O)(=O)N3CCOCC3)c2)Cc2ccccc21. The zero-order valence-corrected chi connectivity index (χ0v) is 16.7. The first-order valence-corrected chi connectivity index (χ1v) is 10.8. The zero-order chi connectivity index (χ0) is 21.3. The summed E-state index contributed by atoms with van der Waals surface area (Å²) < 4.78 is 51.3. The van der Waals surface area contributed by atoms with Crippen molar-refractivity contribution in [1.29, 1.82) is 0 Å². The molecule has 2 heterocycles. The molecule has 1 fully saturated rings. The Balaban J connectivity index is 1.54. The predicted octanol–water partition coefficient (Wildman–Crippen LogP) is 1.57. The van der Waals surface area contributed by atoms with E-state index >= 15 is 0 Å². The summed E-state index contributed by atoms with van der Waals surface area (Å²) >= 11 is 0. The third-order valence-electron chi connectivity index (χ3n) is 4.97. The van der Waals surface area contributed by atoms with Crippen LogP contribution in [0.15, 0.2) is 47.4 Å². The van der Waals surface area contributed by atoms with Gasteiger partial charge in [0.25, 0.3) is 5.91 Å². The number of anilines is 1. The van der Waals surface area contributed by atoms with Gasteiger partial charge < -0.3 is 14.8 Å². The largest absolute Gasteiger partial charge is 0.448 e. The first-order valence-electron chi connectivity index (χ1n) is 9.33. The van der Waals surface area contributed by atoms with Crippen LogP contribution in [0.1, 0.15) is 15.9 Å². The van der Waals surface area contributed by atoms with Gasteiger partial charge in [-0.05, 0) is 29.8 Å². The van der Waals surface area contributed by atoms with E-state index in [9.17, 15) is 22.4 Å². The molecule has 0 aliphatic carbocycles. The van der Waals surface area contributed by atoms with E-state index in [1.807, 2.05) is 0 Å². The lowest BCUT2D eigenvalue weighted by Gasteiger charge is -2.26. The Kier molecular flexibility index (Phi) is 5.54. The van der Waals surface area contributed by atoms with Crippen LogP contribution in [0.4, 0.5) is 10.1 Å². The van der Waals surface area contributed by atoms with Crippen LogP contribution in [0.5, 0.6) is 0 Å². The molecule has 0 saturated carbocycles. The normalized spacial score (nSPS) is 19.6. The van der Waals surface area contributed by atoms with Crippen LogP contribution in [0, 0.1) is 5.82 Å². The van der Waals surface area contributed by atoms with Crippen molar-refractivity contribution in [2.75, 3.05) is 31.6 Å². The zero-order valence-electron chi connectivity index (χ0n) is 15.8. The quantitative estimate of drug-likeness (QED) is 0.733. The number of sulfonamides is 1. The summed E-state index contributed by atoms with van der Waals surface area (Å²) in [5, 5.41) is 2.52. The van der Waals surface area contributed by atoms with Crippen molar-refractivity contribution in [1.82, 2.24) is 4.31 Å². The fourth-order valence-electron chi connectivity index (χ4n) is 3.41. The van der Waals surface area contributed by atoms with Crippen molar-refractivity contribution in [3.05, 3.63) is 59.4 Å². The fraction of sp³-hybridized carbons (Fsp3) is 0.300. The number of cyclic esters (lactones) is 1. The molecule has 10 heteroatoms. The van der Waals surface area contributed by atoms with Crippen LogP contribution in [-0.2, 0) is 30.7 Å². The van der Waals surface area contributed by atoms with Gasteiger partial charge in [0.1, 0.15) is 10.7 Å². The van der Waals surface area contributed by atoms with Crippen LogP contribution >= 0.6 is 0 Å². The van der Waals surface area contributed by atoms with Gasteiger partial charge in [-0.15, -0.1) is 0 Å². The molecule has 2 aliphatic heterocycles. The Labute approximate surface area is 172 Å². The summed E-state index contributed by atoms with van der Waals surface area (Å²) in [5.41, 5.74) is 1.17. The number of amides is 1. The molecule has 2 aromatic carbocycles. The Bertz CT molecular complexity index is 1100. The topological polar surface area (TPSA) is 102 Å². The number of halogens is 1. The van der Waals surface area contributed by atoms with Crippen molar-refractivity contribution in [2.45, 2.75) is 17.4 Å². The second-order valence-corrected chi connectivity index (χ2v) is 8.81. The van der Waals surface area contributed by atoms with Gasteiger partial charge in [0.15, 0.2) is 6.10 Å². The molecule has 8 nitrogen and oxygen atoms in total. The van der Waals surface area contributed by atoms with Crippen molar-refractivity contribution in [2.24, 2.45) is 0 Å². The van der Waals surface area contributed by atoms with Crippen LogP contribution < -0.4 is 5.32 Å². The molecule has 158 valence electrons. The highest BCUT2D eigenvalue weighted by molar-refractivity contribution is 7.89. The van der Waals surface area contributed by atoms with Crippen LogP contribution in [0.2, 0.25) is 0 Å². The van der Waals surface area contributed by atoms with Gasteiger partial charge in [-0.1, -0.05) is 18.2 Å². The molecule has 1 N–H and O–H groups in total. The van der Waals surface area contributed by atoms with E-state index in [4.69, 9.17) is 9.47 Å². The van der Waals surface area contributed by atoms with E-state index in [1.54, 1.807) is 24.3 Å². The first-order chi connectivity index (χ1) is 14.4. The van der Waals surface area contributed by atoms with Crippen molar-refractivity contribution >= 4 is 27.6 Å². The molecule has 0 spiro atoms. The minimum atomic E-state index is -4.08. The number of rotatable bonds is 4. The standard InChI is InChI=1S/C20H19FN2O6S/c21-16-6-5-14(12-18(16)30(26,27)23-7-9-28-10-8-23)22-19(24)17-11-13-3-1-2-4-15(13)20(25)29-17/h1-6,12,17H,7-11H2,(H,22,24)/t17-/m1/s1. The lowest BCUT2D eigenvalue weighted by atomic mass is 9.98. The summed E-state index contributed by atoms with van der Waals surface area (Å²) in [6, 6.07) is 10.1. The average Bonchev–Trinajstić information content (AvgIpc) is 2.75. The summed E-state index contributed by atoms with van der Waals surface area (Å²) in [7, 11) is -4.08. The average molecular weight is 434 g/mol. The number of hydrogen-bond donors (Lipinski definition) is 1. The number of benzene rings is 2. The number of hydrogen-bond acceptors (Lipinski definition) is 6. The summed E-state index contributed by atoms with van der Waals surface area (Å²) in [4.78, 5) is 24.2. The Hall–Kier alpha value is -2.82. The number of nitrogens with zero attached hydrogens (tertiary/aromatic N) is 1. The predicted molar refractivity (Wildman–Crippen MR) is 104 cm³/mol. The Morgan fingerprint density at radius 3 is 2.63 bits per heavy atom. The van der Waals surface area contributed by atoms with E-state index in [1.165, 1.54) is 6.07 Å². The van der Waals surface area contributed by atoms with E-state index < -0.39 is 38.7 Å². The number of ether oxygens (including phenoxy) is 2. The van der Waals surface area contributed by atoms with Crippen molar-refractivity contribution < 1.29 is 31.9 Å². The van der Waals surface area contributed by atoms with Gasteiger partial charge in [0, 0.05) is 25.2 Å². The monoisotopic (exact) mass is 434 g/mol. The lowest BCUT2D eigenvalue weighted by Crippen LogP contribution is -2.41. The maximum absolute atomic E-state index is 14.3. The summed E-state index contributed by atoms with van der Waals surface area (Å²) in [6.45, 7) is 0.698. The van der Waals surface area contributed by atoms with E-state index in [2.05, 4.69) is 5.32 Å². The fourth-order valence-corrected chi connectivity index (χ4v) is 4.90. The number of carbonyl (C=O) groups excluding carboxylic acids is 2. The van der Waals surface area contributed by atoms with Crippen LogP contribution in [0.3, 0.4) is 0 Å². The van der Waals surface area contributed by atoms with Gasteiger partial charge in [-0.25, -0.2) is 17.6 Å². The van der Waals surface area contributed by atoms with Gasteiger partial charge >= 0.3 is 5.97 Å². The number of esters is 1. The highest BCUT2D eigenvalue weighted by atomic mass is 32.2. The second kappa shape index (κ2) is 8.13. The maximum Gasteiger partial charge on any atom is 0.339 e. The molecule has 0 unspecified atom stereocenters. The molecule has 0 aromatic heterocycles. The van der Waals surface area contributed by atoms with E-state index in [0.717, 1.165) is 16.4 Å². The molecular formula is C20H19FN2O6S. The third-order valence-corrected chi connectivity index (χ3v) is 6.88. The van der Waals surface area contributed by atoms with Crippen molar-refractivity contribution in [3.63, 3.8) is 0 Å². The molecular weight excluding hydrogens is 415 g/mol. The number of morpholine rings is 1. The molecule has 0 radical (unpaired) electrons. The first kappa shape index (κ1) is 20.5.